The van der Waals surface area contributed by atoms with Gasteiger partial charge in [0.2, 0.25) is 0 Å². The summed E-state index contributed by atoms with van der Waals surface area (Å²) in [5, 5.41) is 30.3. The van der Waals surface area contributed by atoms with E-state index in [1.165, 1.54) is 32.1 Å². The number of rotatable bonds is 1. The maximum absolute atomic E-state index is 10.5. The van der Waals surface area contributed by atoms with E-state index in [-0.39, 0.29) is 17.9 Å². The molecular weight excluding hydrogens is 392 g/mol. The van der Waals surface area contributed by atoms with Crippen LogP contribution in [0.4, 0.5) is 0 Å². The van der Waals surface area contributed by atoms with Gasteiger partial charge in [0, 0.05) is 24.9 Å². The van der Waals surface area contributed by atoms with E-state index in [0.717, 1.165) is 43.4 Å². The molecule has 2 saturated heterocycles. The van der Waals surface area contributed by atoms with Crippen molar-refractivity contribution in [2.24, 2.45) is 52.8 Å². The molecule has 0 aromatic heterocycles. The predicted molar refractivity (Wildman–Crippen MR) is 116 cm³/mol. The predicted octanol–water partition coefficient (Wildman–Crippen LogP) is 3.35. The third-order valence-electron chi connectivity index (χ3n) is 11.4. The van der Waals surface area contributed by atoms with E-state index < -0.39 is 18.0 Å². The van der Waals surface area contributed by atoms with Gasteiger partial charge < -0.3 is 24.8 Å². The molecule has 6 aliphatic rings. The molecule has 0 amide bonds. The second kappa shape index (κ2) is 7.40. The first kappa shape index (κ1) is 21.3. The van der Waals surface area contributed by atoms with Crippen molar-refractivity contribution in [3.63, 3.8) is 0 Å². The van der Waals surface area contributed by atoms with Crippen molar-refractivity contribution in [1.82, 2.24) is 0 Å². The molecule has 5 heteroatoms. The summed E-state index contributed by atoms with van der Waals surface area (Å²) in [5.74, 6) is 4.42. The van der Waals surface area contributed by atoms with Gasteiger partial charge in [-0.05, 0) is 92.3 Å². The molecule has 176 valence electrons. The first-order chi connectivity index (χ1) is 14.9. The summed E-state index contributed by atoms with van der Waals surface area (Å²) in [5.41, 5.74) is 0.184. The quantitative estimate of drug-likeness (QED) is 0.590. The minimum Gasteiger partial charge on any atom is -0.396 e. The third kappa shape index (κ3) is 2.99. The van der Waals surface area contributed by atoms with Crippen molar-refractivity contribution in [2.75, 3.05) is 13.2 Å². The van der Waals surface area contributed by atoms with Crippen LogP contribution in [0.3, 0.4) is 0 Å². The van der Waals surface area contributed by atoms with Gasteiger partial charge in [-0.15, -0.1) is 0 Å². The molecule has 13 atom stereocenters. The Morgan fingerprint density at radius 3 is 2.48 bits per heavy atom. The van der Waals surface area contributed by atoms with Crippen LogP contribution in [0.1, 0.15) is 71.6 Å². The van der Waals surface area contributed by atoms with Crippen LogP contribution in [0, 0.1) is 52.8 Å². The number of hydrogen-bond acceptors (Lipinski definition) is 5. The van der Waals surface area contributed by atoms with Crippen LogP contribution in [-0.4, -0.2) is 52.6 Å². The van der Waals surface area contributed by atoms with Crippen molar-refractivity contribution < 1.29 is 24.8 Å². The molecule has 13 unspecified atom stereocenters. The smallest absolute Gasteiger partial charge is 0.171 e. The topological polar surface area (TPSA) is 79.2 Å². The second-order valence-electron chi connectivity index (χ2n) is 12.5. The molecule has 1 spiro atoms. The standard InChI is InChI=1S/C26H42O5/c1-14-24-18-5-6-20-17(4-3-16-9-21(28)22(29)11-25(16,20)2)19(18)10-23(24)31-26(14)8-7-15(12-27)13-30-26/h14-24,27-29H,3-13H2,1-2H3. The number of hydrogen-bond donors (Lipinski definition) is 3. The lowest BCUT2D eigenvalue weighted by Gasteiger charge is -2.59. The normalized spacial score (nSPS) is 60.9. The molecule has 3 N–H and O–H groups in total. The second-order valence-corrected chi connectivity index (χ2v) is 12.5. The van der Waals surface area contributed by atoms with Gasteiger partial charge in [0.15, 0.2) is 5.79 Å². The highest BCUT2D eigenvalue weighted by Crippen LogP contribution is 2.67. The molecule has 6 fully saturated rings. The molecule has 4 saturated carbocycles. The highest BCUT2D eigenvalue weighted by atomic mass is 16.7. The van der Waals surface area contributed by atoms with Gasteiger partial charge in [-0.25, -0.2) is 0 Å². The summed E-state index contributed by atoms with van der Waals surface area (Å²) in [6.07, 6.45) is 9.01. The van der Waals surface area contributed by atoms with E-state index in [1.54, 1.807) is 0 Å². The van der Waals surface area contributed by atoms with E-state index in [2.05, 4.69) is 13.8 Å². The van der Waals surface area contributed by atoms with E-state index in [4.69, 9.17) is 9.47 Å². The van der Waals surface area contributed by atoms with Crippen molar-refractivity contribution >= 4 is 0 Å². The molecule has 0 aromatic carbocycles. The van der Waals surface area contributed by atoms with Crippen LogP contribution in [0.2, 0.25) is 0 Å². The highest BCUT2D eigenvalue weighted by Gasteiger charge is 2.65. The lowest BCUT2D eigenvalue weighted by molar-refractivity contribution is -0.274. The average Bonchev–Trinajstić information content (AvgIpc) is 3.24. The number of aliphatic hydroxyl groups excluding tert-OH is 3. The van der Waals surface area contributed by atoms with Crippen LogP contribution in [0.25, 0.3) is 0 Å². The van der Waals surface area contributed by atoms with E-state index in [0.29, 0.717) is 36.4 Å². The minimum atomic E-state index is -0.546. The molecule has 6 rings (SSSR count). The van der Waals surface area contributed by atoms with Crippen LogP contribution in [-0.2, 0) is 9.47 Å². The largest absolute Gasteiger partial charge is 0.396 e. The van der Waals surface area contributed by atoms with E-state index in [9.17, 15) is 15.3 Å². The third-order valence-corrected chi connectivity index (χ3v) is 11.4. The van der Waals surface area contributed by atoms with Crippen LogP contribution >= 0.6 is 0 Å². The van der Waals surface area contributed by atoms with Crippen LogP contribution < -0.4 is 0 Å². The fourth-order valence-corrected chi connectivity index (χ4v) is 9.84. The average molecular weight is 435 g/mol. The summed E-state index contributed by atoms with van der Waals surface area (Å²) >= 11 is 0. The van der Waals surface area contributed by atoms with Crippen molar-refractivity contribution in [3.05, 3.63) is 0 Å². The Labute approximate surface area is 186 Å². The Kier molecular flexibility index (Phi) is 5.09. The number of fused-ring (bicyclic) bond motifs is 7. The SMILES string of the molecule is CC1C2C(CC3C2CCC2C3CCC3CC(O)C(O)CC32C)OC12CCC(CO)CO2. The van der Waals surface area contributed by atoms with E-state index in [1.807, 2.05) is 0 Å². The Balaban J connectivity index is 1.20. The van der Waals surface area contributed by atoms with Gasteiger partial charge in [0.25, 0.3) is 0 Å². The fraction of sp³-hybridized carbons (Fsp3) is 1.00. The van der Waals surface area contributed by atoms with Crippen LogP contribution in [0.15, 0.2) is 0 Å². The minimum absolute atomic E-state index is 0.184. The van der Waals surface area contributed by atoms with Gasteiger partial charge in [-0.1, -0.05) is 13.8 Å². The molecule has 2 heterocycles. The monoisotopic (exact) mass is 434 g/mol. The van der Waals surface area contributed by atoms with E-state index >= 15 is 0 Å². The van der Waals surface area contributed by atoms with Crippen molar-refractivity contribution in [2.45, 2.75) is 95.7 Å². The van der Waals surface area contributed by atoms with Gasteiger partial charge in [-0.2, -0.15) is 0 Å². The van der Waals surface area contributed by atoms with Gasteiger partial charge in [0.05, 0.1) is 24.9 Å². The zero-order chi connectivity index (χ0) is 21.5. The molecule has 0 bridgehead atoms. The lowest BCUT2D eigenvalue weighted by atomic mass is 9.46. The molecular formula is C26H42O5. The Morgan fingerprint density at radius 1 is 0.935 bits per heavy atom. The summed E-state index contributed by atoms with van der Waals surface area (Å²) in [6, 6.07) is 0. The maximum atomic E-state index is 10.5. The Bertz CT molecular complexity index is 689. The summed E-state index contributed by atoms with van der Waals surface area (Å²) in [6.45, 7) is 5.65. The van der Waals surface area contributed by atoms with Crippen molar-refractivity contribution in [1.29, 1.82) is 0 Å². The van der Waals surface area contributed by atoms with Crippen LogP contribution in [0.5, 0.6) is 0 Å². The number of ether oxygens (including phenoxy) is 2. The Hall–Kier alpha value is -0.200. The maximum Gasteiger partial charge on any atom is 0.171 e. The zero-order valence-electron chi connectivity index (χ0n) is 19.3. The highest BCUT2D eigenvalue weighted by molar-refractivity contribution is 5.11. The molecule has 4 aliphatic carbocycles. The fourth-order valence-electron chi connectivity index (χ4n) is 9.84. The zero-order valence-corrected chi connectivity index (χ0v) is 19.3. The summed E-state index contributed by atoms with van der Waals surface area (Å²) < 4.78 is 13.1. The van der Waals surface area contributed by atoms with Gasteiger partial charge in [0.1, 0.15) is 0 Å². The molecule has 0 aromatic rings. The first-order valence-electron chi connectivity index (χ1n) is 13.1. The van der Waals surface area contributed by atoms with Gasteiger partial charge >= 0.3 is 0 Å². The van der Waals surface area contributed by atoms with Gasteiger partial charge in [-0.3, -0.25) is 0 Å². The van der Waals surface area contributed by atoms with Crippen molar-refractivity contribution in [3.8, 4) is 0 Å². The molecule has 0 radical (unpaired) electrons. The Morgan fingerprint density at radius 2 is 1.74 bits per heavy atom. The summed E-state index contributed by atoms with van der Waals surface area (Å²) in [4.78, 5) is 0. The summed E-state index contributed by atoms with van der Waals surface area (Å²) in [7, 11) is 0. The molecule has 5 nitrogen and oxygen atoms in total. The molecule has 2 aliphatic heterocycles. The number of aliphatic hydroxyl groups is 3. The molecule has 31 heavy (non-hydrogen) atoms. The lowest BCUT2D eigenvalue weighted by Crippen LogP contribution is -2.55. The first-order valence-corrected chi connectivity index (χ1v) is 13.1.